The van der Waals surface area contributed by atoms with E-state index in [1.807, 2.05) is 13.0 Å². The molecule has 8 heteroatoms. The smallest absolute Gasteiger partial charge is 0.338 e. The zero-order valence-corrected chi connectivity index (χ0v) is 13.0. The largest absolute Gasteiger partial charge is 0.452 e. The first-order chi connectivity index (χ1) is 11.1. The van der Waals surface area contributed by atoms with E-state index in [0.29, 0.717) is 24.2 Å². The van der Waals surface area contributed by atoms with Gasteiger partial charge in [0.05, 0.1) is 23.6 Å². The number of fused-ring (bicyclic) bond motifs is 1. The SMILES string of the molecule is CCn1nnc2cc(C(=O)OCC(=O)N(C)CCC#N)ccc21. The molecule has 120 valence electrons. The minimum atomic E-state index is -0.597. The molecule has 23 heavy (non-hydrogen) atoms. The van der Waals surface area contributed by atoms with Crippen LogP contribution in [-0.2, 0) is 16.1 Å². The minimum Gasteiger partial charge on any atom is -0.452 e. The standard InChI is InChI=1S/C15H17N5O3/c1-3-20-13-6-5-11(9-12(13)17-18-20)15(22)23-10-14(21)19(2)8-4-7-16/h5-6,9H,3-4,8,10H2,1-2H3. The summed E-state index contributed by atoms with van der Waals surface area (Å²) in [5.41, 5.74) is 1.74. The summed E-state index contributed by atoms with van der Waals surface area (Å²) in [6, 6.07) is 6.90. The lowest BCUT2D eigenvalue weighted by atomic mass is 10.2. The monoisotopic (exact) mass is 315 g/mol. The molecular weight excluding hydrogens is 298 g/mol. The molecule has 0 N–H and O–H groups in total. The Hall–Kier alpha value is -2.95. The van der Waals surface area contributed by atoms with Crippen LogP contribution >= 0.6 is 0 Å². The maximum Gasteiger partial charge on any atom is 0.338 e. The fraction of sp³-hybridized carbons (Fsp3) is 0.400. The number of benzene rings is 1. The van der Waals surface area contributed by atoms with Crippen molar-refractivity contribution in [2.75, 3.05) is 20.2 Å². The first-order valence-corrected chi connectivity index (χ1v) is 7.18. The Kier molecular flexibility index (Phi) is 5.25. The number of rotatable bonds is 6. The van der Waals surface area contributed by atoms with Gasteiger partial charge >= 0.3 is 5.97 Å². The first kappa shape index (κ1) is 16.4. The van der Waals surface area contributed by atoms with Gasteiger partial charge in [-0.1, -0.05) is 5.21 Å². The molecule has 1 aromatic carbocycles. The van der Waals surface area contributed by atoms with Gasteiger partial charge in [0.25, 0.3) is 5.91 Å². The molecule has 0 bridgehead atoms. The molecule has 8 nitrogen and oxygen atoms in total. The van der Waals surface area contributed by atoms with E-state index in [2.05, 4.69) is 10.3 Å². The number of carbonyl (C=O) groups excluding carboxylic acids is 2. The highest BCUT2D eigenvalue weighted by Gasteiger charge is 2.14. The summed E-state index contributed by atoms with van der Waals surface area (Å²) in [4.78, 5) is 25.1. The molecule has 0 saturated carbocycles. The molecular formula is C15H17N5O3. The van der Waals surface area contributed by atoms with Crippen LogP contribution in [0.1, 0.15) is 23.7 Å². The van der Waals surface area contributed by atoms with Crippen LogP contribution in [0.4, 0.5) is 0 Å². The maximum atomic E-state index is 12.0. The molecule has 0 atom stereocenters. The third-order valence-corrected chi connectivity index (χ3v) is 3.36. The number of carbonyl (C=O) groups is 2. The highest BCUT2D eigenvalue weighted by Crippen LogP contribution is 2.14. The molecule has 1 amide bonds. The number of ether oxygens (including phenoxy) is 1. The third kappa shape index (κ3) is 3.83. The van der Waals surface area contributed by atoms with Gasteiger partial charge in [0, 0.05) is 20.1 Å². The van der Waals surface area contributed by atoms with Crippen molar-refractivity contribution in [1.82, 2.24) is 19.9 Å². The number of hydrogen-bond donors (Lipinski definition) is 0. The van der Waals surface area contributed by atoms with Gasteiger partial charge in [0.15, 0.2) is 6.61 Å². The number of nitriles is 1. The number of nitrogens with zero attached hydrogens (tertiary/aromatic N) is 5. The average Bonchev–Trinajstić information content (AvgIpc) is 2.99. The minimum absolute atomic E-state index is 0.236. The van der Waals surface area contributed by atoms with Crippen LogP contribution in [0, 0.1) is 11.3 Å². The summed E-state index contributed by atoms with van der Waals surface area (Å²) < 4.78 is 6.73. The molecule has 2 aromatic rings. The molecule has 0 fully saturated rings. The van der Waals surface area contributed by atoms with E-state index < -0.39 is 5.97 Å². The quantitative estimate of drug-likeness (QED) is 0.736. The van der Waals surface area contributed by atoms with Crippen molar-refractivity contribution in [3.8, 4) is 6.07 Å². The lowest BCUT2D eigenvalue weighted by Crippen LogP contribution is -2.31. The molecule has 0 aliphatic heterocycles. The summed E-state index contributed by atoms with van der Waals surface area (Å²) in [6.45, 7) is 2.58. The molecule has 0 aliphatic carbocycles. The van der Waals surface area contributed by atoms with Crippen LogP contribution in [0.3, 0.4) is 0 Å². The zero-order chi connectivity index (χ0) is 16.8. The zero-order valence-electron chi connectivity index (χ0n) is 13.0. The van der Waals surface area contributed by atoms with Gasteiger partial charge in [0.2, 0.25) is 0 Å². The summed E-state index contributed by atoms with van der Waals surface area (Å²) in [5, 5.41) is 16.4. The Labute approximate surface area is 133 Å². The van der Waals surface area contributed by atoms with Gasteiger partial charge < -0.3 is 9.64 Å². The second-order valence-electron chi connectivity index (χ2n) is 4.91. The van der Waals surface area contributed by atoms with Crippen LogP contribution < -0.4 is 0 Å². The maximum absolute atomic E-state index is 12.0. The average molecular weight is 315 g/mol. The van der Waals surface area contributed by atoms with E-state index in [9.17, 15) is 9.59 Å². The molecule has 0 radical (unpaired) electrons. The topological polar surface area (TPSA) is 101 Å². The van der Waals surface area contributed by atoms with Gasteiger partial charge in [-0.2, -0.15) is 5.26 Å². The number of likely N-dealkylation sites (N-methyl/N-ethyl adjacent to an activating group) is 1. The van der Waals surface area contributed by atoms with E-state index in [1.165, 1.54) is 4.90 Å². The molecule has 1 heterocycles. The predicted octanol–water partition coefficient (Wildman–Crippen LogP) is 0.980. The van der Waals surface area contributed by atoms with Crippen molar-refractivity contribution < 1.29 is 14.3 Å². The highest BCUT2D eigenvalue weighted by atomic mass is 16.5. The predicted molar refractivity (Wildman–Crippen MR) is 81.4 cm³/mol. The van der Waals surface area contributed by atoms with E-state index in [0.717, 1.165) is 5.52 Å². The van der Waals surface area contributed by atoms with Crippen LogP contribution in [-0.4, -0.2) is 52.0 Å². The number of esters is 1. The summed E-state index contributed by atoms with van der Waals surface area (Å²) >= 11 is 0. The Morgan fingerprint density at radius 2 is 2.22 bits per heavy atom. The fourth-order valence-corrected chi connectivity index (χ4v) is 2.00. The van der Waals surface area contributed by atoms with Gasteiger partial charge in [-0.15, -0.1) is 5.10 Å². The Balaban J connectivity index is 1.98. The van der Waals surface area contributed by atoms with E-state index >= 15 is 0 Å². The van der Waals surface area contributed by atoms with Crippen LogP contribution in [0.15, 0.2) is 18.2 Å². The Morgan fingerprint density at radius 3 is 2.91 bits per heavy atom. The van der Waals surface area contributed by atoms with Crippen LogP contribution in [0.25, 0.3) is 11.0 Å². The van der Waals surface area contributed by atoms with Crippen molar-refractivity contribution in [3.05, 3.63) is 23.8 Å². The van der Waals surface area contributed by atoms with Crippen molar-refractivity contribution >= 4 is 22.9 Å². The van der Waals surface area contributed by atoms with Crippen LogP contribution in [0.2, 0.25) is 0 Å². The molecule has 2 rings (SSSR count). The summed E-state index contributed by atoms with van der Waals surface area (Å²) in [5.74, 6) is -0.952. The van der Waals surface area contributed by atoms with Gasteiger partial charge in [-0.25, -0.2) is 9.48 Å². The normalized spacial score (nSPS) is 10.3. The van der Waals surface area contributed by atoms with Crippen molar-refractivity contribution in [2.45, 2.75) is 19.9 Å². The summed E-state index contributed by atoms with van der Waals surface area (Å²) in [7, 11) is 1.56. The number of amides is 1. The third-order valence-electron chi connectivity index (χ3n) is 3.36. The van der Waals surface area contributed by atoms with E-state index in [1.54, 1.807) is 29.9 Å². The second kappa shape index (κ2) is 7.35. The number of aryl methyl sites for hydroxylation is 1. The highest BCUT2D eigenvalue weighted by molar-refractivity contribution is 5.94. The fourth-order valence-electron chi connectivity index (χ4n) is 2.00. The second-order valence-corrected chi connectivity index (χ2v) is 4.91. The van der Waals surface area contributed by atoms with Gasteiger partial charge in [0.1, 0.15) is 5.52 Å². The van der Waals surface area contributed by atoms with Crippen molar-refractivity contribution in [1.29, 1.82) is 5.26 Å². The van der Waals surface area contributed by atoms with Gasteiger partial charge in [-0.3, -0.25) is 4.79 Å². The number of aromatic nitrogens is 3. The molecule has 0 spiro atoms. The van der Waals surface area contributed by atoms with E-state index in [-0.39, 0.29) is 18.9 Å². The Bertz CT molecular complexity index is 762. The Morgan fingerprint density at radius 1 is 1.43 bits per heavy atom. The number of hydrogen-bond acceptors (Lipinski definition) is 6. The first-order valence-electron chi connectivity index (χ1n) is 7.18. The summed E-state index contributed by atoms with van der Waals surface area (Å²) in [6.07, 6.45) is 0.236. The molecule has 0 unspecified atom stereocenters. The van der Waals surface area contributed by atoms with Gasteiger partial charge in [-0.05, 0) is 25.1 Å². The lowest BCUT2D eigenvalue weighted by molar-refractivity contribution is -0.133. The van der Waals surface area contributed by atoms with Crippen molar-refractivity contribution in [2.24, 2.45) is 0 Å². The molecule has 0 aliphatic rings. The molecule has 0 saturated heterocycles. The lowest BCUT2D eigenvalue weighted by Gasteiger charge is -2.15. The van der Waals surface area contributed by atoms with Crippen LogP contribution in [0.5, 0.6) is 0 Å². The van der Waals surface area contributed by atoms with Crippen molar-refractivity contribution in [3.63, 3.8) is 0 Å². The van der Waals surface area contributed by atoms with E-state index in [4.69, 9.17) is 10.00 Å². The molecule has 1 aromatic heterocycles.